The topological polar surface area (TPSA) is 60.9 Å². The second-order valence-electron chi connectivity index (χ2n) is 4.03. The van der Waals surface area contributed by atoms with Gasteiger partial charge in [0.1, 0.15) is 0 Å². The molecule has 2 aromatic rings. The van der Waals surface area contributed by atoms with Gasteiger partial charge in [-0.2, -0.15) is 0 Å². The lowest BCUT2D eigenvalue weighted by molar-refractivity contribution is -0.117. The number of nitrogens with two attached hydrogens (primary N) is 1. The summed E-state index contributed by atoms with van der Waals surface area (Å²) in [6, 6.07) is 8.04. The lowest BCUT2D eigenvalue weighted by Gasteiger charge is -2.11. The highest BCUT2D eigenvalue weighted by Gasteiger charge is 2.15. The summed E-state index contributed by atoms with van der Waals surface area (Å²) in [7, 11) is 0. The van der Waals surface area contributed by atoms with Gasteiger partial charge in [0.2, 0.25) is 5.91 Å². The van der Waals surface area contributed by atoms with Crippen molar-refractivity contribution in [3.05, 3.63) is 42.2 Å². The third-order valence-electron chi connectivity index (χ3n) is 2.66. The van der Waals surface area contributed by atoms with E-state index in [4.69, 9.17) is 5.73 Å². The predicted octanol–water partition coefficient (Wildman–Crippen LogP) is 2.15. The van der Waals surface area contributed by atoms with Crippen LogP contribution >= 0.6 is 11.8 Å². The summed E-state index contributed by atoms with van der Waals surface area (Å²) in [5.41, 5.74) is 7.50. The molecular formula is C13H15N3OS. The summed E-state index contributed by atoms with van der Waals surface area (Å²) >= 11 is 1.37. The van der Waals surface area contributed by atoms with Crippen LogP contribution in [0.5, 0.6) is 0 Å². The molecule has 0 spiro atoms. The highest BCUT2D eigenvalue weighted by molar-refractivity contribution is 8.00. The van der Waals surface area contributed by atoms with E-state index in [1.54, 1.807) is 13.1 Å². The molecule has 5 heteroatoms. The first-order valence-electron chi connectivity index (χ1n) is 5.65. The molecule has 0 aliphatic rings. The van der Waals surface area contributed by atoms with Crippen molar-refractivity contribution in [2.24, 2.45) is 5.73 Å². The number of benzene rings is 1. The molecule has 2 rings (SSSR count). The van der Waals surface area contributed by atoms with E-state index in [-0.39, 0.29) is 11.2 Å². The van der Waals surface area contributed by atoms with Crippen molar-refractivity contribution < 1.29 is 4.79 Å². The van der Waals surface area contributed by atoms with E-state index in [2.05, 4.69) is 4.98 Å². The Morgan fingerprint density at radius 2 is 2.17 bits per heavy atom. The van der Waals surface area contributed by atoms with Crippen LogP contribution in [-0.2, 0) is 4.79 Å². The number of imidazole rings is 1. The van der Waals surface area contributed by atoms with E-state index >= 15 is 0 Å². The van der Waals surface area contributed by atoms with E-state index < -0.39 is 0 Å². The molecule has 94 valence electrons. The monoisotopic (exact) mass is 261 g/mol. The van der Waals surface area contributed by atoms with Gasteiger partial charge >= 0.3 is 0 Å². The highest BCUT2D eigenvalue weighted by atomic mass is 32.2. The average molecular weight is 261 g/mol. The van der Waals surface area contributed by atoms with Crippen molar-refractivity contribution in [1.29, 1.82) is 0 Å². The Morgan fingerprint density at radius 1 is 1.44 bits per heavy atom. The van der Waals surface area contributed by atoms with Crippen LogP contribution in [0.3, 0.4) is 0 Å². The zero-order valence-corrected chi connectivity index (χ0v) is 11.1. The third-order valence-corrected chi connectivity index (χ3v) is 3.76. The lowest BCUT2D eigenvalue weighted by Crippen LogP contribution is -2.23. The number of hydrogen-bond acceptors (Lipinski definition) is 3. The Hall–Kier alpha value is -1.75. The zero-order chi connectivity index (χ0) is 13.1. The number of rotatable bonds is 4. The number of carbonyl (C=O) groups excluding carboxylic acids is 1. The van der Waals surface area contributed by atoms with Crippen molar-refractivity contribution in [2.45, 2.75) is 24.3 Å². The first-order chi connectivity index (χ1) is 8.59. The van der Waals surface area contributed by atoms with Gasteiger partial charge in [-0.05, 0) is 25.5 Å². The van der Waals surface area contributed by atoms with E-state index in [9.17, 15) is 4.79 Å². The number of thioether (sulfide) groups is 1. The number of nitrogens with zero attached hydrogens (tertiary/aromatic N) is 2. The number of aromatic nitrogens is 2. The van der Waals surface area contributed by atoms with Gasteiger partial charge in [-0.3, -0.25) is 9.36 Å². The molecule has 1 heterocycles. The number of amides is 1. The van der Waals surface area contributed by atoms with Gasteiger partial charge < -0.3 is 5.73 Å². The molecule has 18 heavy (non-hydrogen) atoms. The van der Waals surface area contributed by atoms with E-state index in [1.165, 1.54) is 11.8 Å². The first kappa shape index (κ1) is 12.7. The Bertz CT molecular complexity index is 565. The Kier molecular flexibility index (Phi) is 3.72. The number of hydrogen-bond donors (Lipinski definition) is 1. The van der Waals surface area contributed by atoms with Crippen molar-refractivity contribution in [3.8, 4) is 5.69 Å². The molecule has 1 atom stereocenters. The van der Waals surface area contributed by atoms with Gasteiger partial charge in [-0.1, -0.05) is 30.0 Å². The molecule has 0 saturated carbocycles. The van der Waals surface area contributed by atoms with Crippen molar-refractivity contribution >= 4 is 17.7 Å². The van der Waals surface area contributed by atoms with E-state index in [1.807, 2.05) is 42.0 Å². The highest BCUT2D eigenvalue weighted by Crippen LogP contribution is 2.25. The number of aryl methyl sites for hydroxylation is 1. The summed E-state index contributed by atoms with van der Waals surface area (Å²) < 4.78 is 1.97. The van der Waals surface area contributed by atoms with Crippen LogP contribution in [0, 0.1) is 6.92 Å². The van der Waals surface area contributed by atoms with Crippen molar-refractivity contribution in [1.82, 2.24) is 9.55 Å². The Balaban J connectivity index is 2.34. The number of primary amides is 1. The molecule has 0 bridgehead atoms. The summed E-state index contributed by atoms with van der Waals surface area (Å²) in [5, 5.41) is 0.478. The van der Waals surface area contributed by atoms with Crippen LogP contribution in [0.15, 0.2) is 41.8 Å². The Labute approximate surface area is 110 Å². The Morgan fingerprint density at radius 3 is 2.83 bits per heavy atom. The van der Waals surface area contributed by atoms with Gasteiger partial charge in [-0.25, -0.2) is 4.98 Å². The fourth-order valence-electron chi connectivity index (χ4n) is 1.61. The predicted molar refractivity (Wildman–Crippen MR) is 72.8 cm³/mol. The van der Waals surface area contributed by atoms with E-state index in [0.717, 1.165) is 16.4 Å². The van der Waals surface area contributed by atoms with Crippen molar-refractivity contribution in [3.63, 3.8) is 0 Å². The van der Waals surface area contributed by atoms with Crippen LogP contribution in [0.25, 0.3) is 5.69 Å². The molecule has 0 fully saturated rings. The molecular weight excluding hydrogens is 246 g/mol. The third kappa shape index (κ3) is 2.56. The maximum atomic E-state index is 11.1. The van der Waals surface area contributed by atoms with Crippen molar-refractivity contribution in [2.75, 3.05) is 0 Å². The minimum atomic E-state index is -0.334. The minimum Gasteiger partial charge on any atom is -0.369 e. The standard InChI is InChI=1S/C13H15N3OS/c1-9-5-3-4-6-11(9)16-8-7-15-13(16)18-10(2)12(14)17/h3-8,10H,1-2H3,(H2,14,17)/t10-/m0/s1. The van der Waals surface area contributed by atoms with Gasteiger partial charge in [0, 0.05) is 12.4 Å². The van der Waals surface area contributed by atoms with E-state index in [0.29, 0.717) is 0 Å². The summed E-state index contributed by atoms with van der Waals surface area (Å²) in [4.78, 5) is 15.4. The van der Waals surface area contributed by atoms with Gasteiger partial charge in [0.05, 0.1) is 10.9 Å². The van der Waals surface area contributed by atoms with Crippen LogP contribution in [-0.4, -0.2) is 20.7 Å². The van der Waals surface area contributed by atoms with Gasteiger partial charge in [0.15, 0.2) is 5.16 Å². The summed E-state index contributed by atoms with van der Waals surface area (Å²) in [6.07, 6.45) is 3.61. The zero-order valence-electron chi connectivity index (χ0n) is 10.3. The largest absolute Gasteiger partial charge is 0.369 e. The fourth-order valence-corrected chi connectivity index (χ4v) is 2.44. The average Bonchev–Trinajstić information content (AvgIpc) is 2.77. The van der Waals surface area contributed by atoms with Crippen LogP contribution in [0.1, 0.15) is 12.5 Å². The number of carbonyl (C=O) groups is 1. The first-order valence-corrected chi connectivity index (χ1v) is 6.53. The molecule has 0 radical (unpaired) electrons. The molecule has 0 aliphatic carbocycles. The van der Waals surface area contributed by atoms with Crippen LogP contribution in [0.2, 0.25) is 0 Å². The number of para-hydroxylation sites is 1. The smallest absolute Gasteiger partial charge is 0.230 e. The maximum Gasteiger partial charge on any atom is 0.230 e. The second kappa shape index (κ2) is 5.27. The molecule has 0 aliphatic heterocycles. The quantitative estimate of drug-likeness (QED) is 0.858. The lowest BCUT2D eigenvalue weighted by atomic mass is 10.2. The SMILES string of the molecule is Cc1ccccc1-n1ccnc1S[C@@H](C)C(N)=O. The normalized spacial score (nSPS) is 12.3. The maximum absolute atomic E-state index is 11.1. The molecule has 0 unspecified atom stereocenters. The summed E-state index contributed by atoms with van der Waals surface area (Å²) in [5.74, 6) is -0.334. The van der Waals surface area contributed by atoms with Gasteiger partial charge in [-0.15, -0.1) is 0 Å². The minimum absolute atomic E-state index is 0.296. The molecule has 1 amide bonds. The fraction of sp³-hybridized carbons (Fsp3) is 0.231. The molecule has 0 saturated heterocycles. The van der Waals surface area contributed by atoms with Crippen LogP contribution in [0.4, 0.5) is 0 Å². The molecule has 1 aromatic carbocycles. The second-order valence-corrected chi connectivity index (χ2v) is 5.34. The van der Waals surface area contributed by atoms with Crippen LogP contribution < -0.4 is 5.73 Å². The van der Waals surface area contributed by atoms with Gasteiger partial charge in [0.25, 0.3) is 0 Å². The summed E-state index contributed by atoms with van der Waals surface area (Å²) in [6.45, 7) is 3.82. The molecule has 2 N–H and O–H groups in total. The molecule has 4 nitrogen and oxygen atoms in total. The molecule has 1 aromatic heterocycles.